The van der Waals surface area contributed by atoms with Crippen LogP contribution < -0.4 is 0 Å². The van der Waals surface area contributed by atoms with Crippen molar-refractivity contribution in [3.8, 4) is 0 Å². The highest BCUT2D eigenvalue weighted by atomic mass is 16.7. The Kier molecular flexibility index (Phi) is 1.05. The van der Waals surface area contributed by atoms with E-state index in [0.717, 1.165) is 0 Å². The van der Waals surface area contributed by atoms with Crippen LogP contribution >= 0.6 is 0 Å². The van der Waals surface area contributed by atoms with E-state index in [1.807, 2.05) is 0 Å². The van der Waals surface area contributed by atoms with E-state index in [0.29, 0.717) is 12.7 Å². The number of cyclic esters (lactones) is 1. The molecule has 0 spiro atoms. The molecule has 2 saturated heterocycles. The molecular weight excluding hydrogens is 136 g/mol. The van der Waals surface area contributed by atoms with E-state index in [-0.39, 0.29) is 12.2 Å². The lowest BCUT2D eigenvalue weighted by molar-refractivity contribution is -0.154. The number of ether oxygens (including phenoxy) is 2. The number of hydrogen-bond donors (Lipinski definition) is 0. The Balaban J connectivity index is 2.05. The first kappa shape index (κ1) is 5.85. The molecule has 0 bridgehead atoms. The van der Waals surface area contributed by atoms with Crippen LogP contribution in [0.2, 0.25) is 0 Å². The second kappa shape index (κ2) is 1.79. The van der Waals surface area contributed by atoms with Crippen molar-refractivity contribution in [1.29, 1.82) is 0 Å². The molecule has 10 heavy (non-hydrogen) atoms. The molecule has 2 fully saturated rings. The lowest BCUT2D eigenvalue weighted by Gasteiger charge is -2.12. The van der Waals surface area contributed by atoms with E-state index in [9.17, 15) is 9.59 Å². The minimum absolute atomic E-state index is 0.0450. The number of carbonyl (C=O) groups is 2. The van der Waals surface area contributed by atoms with Crippen molar-refractivity contribution < 1.29 is 19.1 Å². The molecule has 4 nitrogen and oxygen atoms in total. The zero-order valence-electron chi connectivity index (χ0n) is 5.15. The lowest BCUT2D eigenvalue weighted by Crippen LogP contribution is -2.30. The Hall–Kier alpha value is -0.900. The van der Waals surface area contributed by atoms with Crippen LogP contribution in [0.1, 0.15) is 6.42 Å². The fourth-order valence-corrected chi connectivity index (χ4v) is 1.11. The predicted octanol–water partition coefficient (Wildman–Crippen LogP) is -0.732. The minimum Gasteiger partial charge on any atom is -0.453 e. The smallest absolute Gasteiger partial charge is 0.338 e. The van der Waals surface area contributed by atoms with Crippen LogP contribution in [0.4, 0.5) is 0 Å². The van der Waals surface area contributed by atoms with Crippen molar-refractivity contribution in [1.82, 2.24) is 0 Å². The molecule has 0 saturated carbocycles. The second-order valence-corrected chi connectivity index (χ2v) is 2.44. The van der Waals surface area contributed by atoms with Crippen LogP contribution in [0.3, 0.4) is 0 Å². The van der Waals surface area contributed by atoms with Crippen LogP contribution in [0.15, 0.2) is 0 Å². The van der Waals surface area contributed by atoms with Gasteiger partial charge in [-0.15, -0.1) is 0 Å². The number of esters is 1. The van der Waals surface area contributed by atoms with Crippen LogP contribution in [-0.2, 0) is 19.1 Å². The summed E-state index contributed by atoms with van der Waals surface area (Å²) in [5.41, 5.74) is 0. The first-order chi connectivity index (χ1) is 4.81. The highest BCUT2D eigenvalue weighted by Gasteiger charge is 2.52. The van der Waals surface area contributed by atoms with Gasteiger partial charge in [0.05, 0.1) is 6.10 Å². The molecule has 0 unspecified atom stereocenters. The van der Waals surface area contributed by atoms with Crippen molar-refractivity contribution in [2.24, 2.45) is 0 Å². The zero-order valence-corrected chi connectivity index (χ0v) is 5.15. The molecule has 0 aliphatic carbocycles. The molecule has 3 atom stereocenters. The van der Waals surface area contributed by atoms with Gasteiger partial charge in [0.1, 0.15) is 0 Å². The highest BCUT2D eigenvalue weighted by Crippen LogP contribution is 2.32. The van der Waals surface area contributed by atoms with Crippen molar-refractivity contribution >= 4 is 12.3 Å². The molecule has 4 heteroatoms. The summed E-state index contributed by atoms with van der Waals surface area (Å²) >= 11 is 0. The summed E-state index contributed by atoms with van der Waals surface area (Å²) in [4.78, 5) is 20.8. The van der Waals surface area contributed by atoms with Gasteiger partial charge in [0, 0.05) is 6.42 Å². The molecule has 0 N–H and O–H groups in total. The summed E-state index contributed by atoms with van der Waals surface area (Å²) in [6.45, 7) is 0. The van der Waals surface area contributed by atoms with Gasteiger partial charge in [0.2, 0.25) is 0 Å². The average molecular weight is 142 g/mol. The third-order valence-corrected chi connectivity index (χ3v) is 1.70. The van der Waals surface area contributed by atoms with E-state index >= 15 is 0 Å². The number of carbonyl (C=O) groups excluding carboxylic acids is 2. The number of hydrogen-bond acceptors (Lipinski definition) is 4. The summed E-state index contributed by atoms with van der Waals surface area (Å²) < 4.78 is 9.55. The Bertz CT molecular complexity index is 188. The monoisotopic (exact) mass is 142 g/mol. The normalized spacial score (nSPS) is 43.6. The molecule has 0 amide bonds. The van der Waals surface area contributed by atoms with Crippen LogP contribution in [-0.4, -0.2) is 30.6 Å². The standard InChI is InChI=1S/C6H6O4/c7-2-3-1-4-5(10-4)6(8)9-3/h2-5H,1H2/t3-,4+,5+/m0/s1. The molecule has 2 heterocycles. The number of rotatable bonds is 1. The maximum Gasteiger partial charge on any atom is 0.338 e. The highest BCUT2D eigenvalue weighted by molar-refractivity contribution is 5.81. The van der Waals surface area contributed by atoms with Gasteiger partial charge in [-0.2, -0.15) is 0 Å². The Labute approximate surface area is 57.1 Å². The van der Waals surface area contributed by atoms with Gasteiger partial charge < -0.3 is 9.47 Å². The van der Waals surface area contributed by atoms with Crippen LogP contribution in [0.5, 0.6) is 0 Å². The number of fused-ring (bicyclic) bond motifs is 1. The number of aldehydes is 1. The molecule has 0 aromatic rings. The average Bonchev–Trinajstić information content (AvgIpc) is 2.66. The molecule has 54 valence electrons. The van der Waals surface area contributed by atoms with Gasteiger partial charge in [-0.05, 0) is 0 Å². The van der Waals surface area contributed by atoms with E-state index in [1.165, 1.54) is 0 Å². The Morgan fingerprint density at radius 3 is 3.00 bits per heavy atom. The van der Waals surface area contributed by atoms with E-state index in [4.69, 9.17) is 4.74 Å². The molecular formula is C6H6O4. The Morgan fingerprint density at radius 2 is 2.40 bits per heavy atom. The maximum absolute atomic E-state index is 10.7. The van der Waals surface area contributed by atoms with Gasteiger partial charge in [-0.25, -0.2) is 4.79 Å². The number of epoxide rings is 1. The fourth-order valence-electron chi connectivity index (χ4n) is 1.11. The second-order valence-electron chi connectivity index (χ2n) is 2.44. The van der Waals surface area contributed by atoms with Gasteiger partial charge in [0.15, 0.2) is 18.5 Å². The fraction of sp³-hybridized carbons (Fsp3) is 0.667. The predicted molar refractivity (Wildman–Crippen MR) is 29.2 cm³/mol. The van der Waals surface area contributed by atoms with Crippen molar-refractivity contribution in [3.05, 3.63) is 0 Å². The van der Waals surface area contributed by atoms with Gasteiger partial charge in [-0.3, -0.25) is 4.79 Å². The zero-order chi connectivity index (χ0) is 7.14. The van der Waals surface area contributed by atoms with E-state index in [1.54, 1.807) is 0 Å². The third-order valence-electron chi connectivity index (χ3n) is 1.70. The quantitative estimate of drug-likeness (QED) is 0.275. The van der Waals surface area contributed by atoms with E-state index < -0.39 is 12.1 Å². The summed E-state index contributed by atoms with van der Waals surface area (Å²) in [6, 6.07) is 0. The van der Waals surface area contributed by atoms with Crippen molar-refractivity contribution in [2.45, 2.75) is 24.7 Å². The van der Waals surface area contributed by atoms with Crippen LogP contribution in [0, 0.1) is 0 Å². The SMILES string of the molecule is O=C[C@@H]1C[C@H]2O[C@H]2C(=O)O1. The molecule has 2 aliphatic heterocycles. The summed E-state index contributed by atoms with van der Waals surface area (Å²) in [7, 11) is 0. The molecule has 0 radical (unpaired) electrons. The molecule has 2 aliphatic rings. The molecule has 0 aromatic heterocycles. The minimum atomic E-state index is -0.573. The maximum atomic E-state index is 10.7. The first-order valence-corrected chi connectivity index (χ1v) is 3.12. The molecule has 2 rings (SSSR count). The first-order valence-electron chi connectivity index (χ1n) is 3.12. The van der Waals surface area contributed by atoms with Gasteiger partial charge in [-0.1, -0.05) is 0 Å². The Morgan fingerprint density at radius 1 is 1.60 bits per heavy atom. The third kappa shape index (κ3) is 0.724. The summed E-state index contributed by atoms with van der Waals surface area (Å²) in [6.07, 6.45) is 0.180. The van der Waals surface area contributed by atoms with Crippen molar-refractivity contribution in [3.63, 3.8) is 0 Å². The van der Waals surface area contributed by atoms with Gasteiger partial charge >= 0.3 is 5.97 Å². The topological polar surface area (TPSA) is 55.9 Å². The van der Waals surface area contributed by atoms with Crippen molar-refractivity contribution in [2.75, 3.05) is 0 Å². The lowest BCUT2D eigenvalue weighted by atomic mass is 10.1. The van der Waals surface area contributed by atoms with Crippen LogP contribution in [0.25, 0.3) is 0 Å². The largest absolute Gasteiger partial charge is 0.453 e. The molecule has 0 aromatic carbocycles. The van der Waals surface area contributed by atoms with Gasteiger partial charge in [0.25, 0.3) is 0 Å². The summed E-state index contributed by atoms with van der Waals surface area (Å²) in [5, 5.41) is 0. The summed E-state index contributed by atoms with van der Waals surface area (Å²) in [5.74, 6) is -0.395. The van der Waals surface area contributed by atoms with E-state index in [2.05, 4.69) is 4.74 Å².